The van der Waals surface area contributed by atoms with Gasteiger partial charge < -0.3 is 9.47 Å². The van der Waals surface area contributed by atoms with Gasteiger partial charge in [0, 0.05) is 6.42 Å². The molecule has 0 unspecified atom stereocenters. The van der Waals surface area contributed by atoms with Crippen molar-refractivity contribution in [1.82, 2.24) is 0 Å². The fraction of sp³-hybridized carbons (Fsp3) is 0.571. The monoisotopic (exact) mass is 226 g/mol. The minimum absolute atomic E-state index is 0.826. The third-order valence-electron chi connectivity index (χ3n) is 1.87. The van der Waals surface area contributed by atoms with Crippen LogP contribution in [0, 0.1) is 0 Å². The Hall–Kier alpha value is -1.18. The van der Waals surface area contributed by atoms with Crippen LogP contribution in [-0.4, -0.2) is 14.2 Å². The maximum Gasteiger partial charge on any atom is 0.118 e. The lowest BCUT2D eigenvalue weighted by atomic mass is 10.2. The summed E-state index contributed by atoms with van der Waals surface area (Å²) in [7, 11) is 3.37. The minimum atomic E-state index is 0.826. The predicted molar refractivity (Wildman–Crippen MR) is 71.3 cm³/mol. The summed E-state index contributed by atoms with van der Waals surface area (Å²) in [5.41, 5.74) is 1.19. The SMILES string of the molecule is CC.CC.COC1=CC=CC(OC)=C(C)C1. The van der Waals surface area contributed by atoms with Crippen molar-refractivity contribution in [2.75, 3.05) is 14.2 Å². The summed E-state index contributed by atoms with van der Waals surface area (Å²) >= 11 is 0. The first-order chi connectivity index (χ1) is 7.77. The average molecular weight is 226 g/mol. The van der Waals surface area contributed by atoms with Gasteiger partial charge in [-0.2, -0.15) is 0 Å². The van der Waals surface area contributed by atoms with Crippen molar-refractivity contribution in [2.45, 2.75) is 41.0 Å². The highest BCUT2D eigenvalue weighted by atomic mass is 16.5. The molecule has 2 heteroatoms. The lowest BCUT2D eigenvalue weighted by molar-refractivity contribution is 0.277. The van der Waals surface area contributed by atoms with Gasteiger partial charge in [-0.15, -0.1) is 0 Å². The molecule has 0 aromatic rings. The molecule has 2 nitrogen and oxygen atoms in total. The maximum absolute atomic E-state index is 5.18. The molecule has 0 bridgehead atoms. The van der Waals surface area contributed by atoms with Gasteiger partial charge in [0.2, 0.25) is 0 Å². The van der Waals surface area contributed by atoms with Crippen LogP contribution in [0.15, 0.2) is 35.3 Å². The van der Waals surface area contributed by atoms with E-state index in [-0.39, 0.29) is 0 Å². The molecule has 0 aromatic carbocycles. The Kier molecular flexibility index (Phi) is 12.8. The summed E-state index contributed by atoms with van der Waals surface area (Å²) in [6.07, 6.45) is 6.66. The zero-order chi connectivity index (χ0) is 13.0. The molecule has 1 rings (SSSR count). The van der Waals surface area contributed by atoms with Crippen molar-refractivity contribution < 1.29 is 9.47 Å². The fourth-order valence-corrected chi connectivity index (χ4v) is 1.17. The molecular formula is C14H26O2. The second-order valence-corrected chi connectivity index (χ2v) is 2.72. The Morgan fingerprint density at radius 1 is 1.00 bits per heavy atom. The second-order valence-electron chi connectivity index (χ2n) is 2.72. The normalized spacial score (nSPS) is 13.6. The standard InChI is InChI=1S/C10H14O2.2C2H6/c1-8-7-9(11-2)5-4-6-10(8)12-3;2*1-2/h4-6H,7H2,1-3H3;2*1-2H3. The summed E-state index contributed by atoms with van der Waals surface area (Å²) in [4.78, 5) is 0. The summed E-state index contributed by atoms with van der Waals surface area (Å²) in [6.45, 7) is 10.0. The van der Waals surface area contributed by atoms with Crippen molar-refractivity contribution in [3.63, 3.8) is 0 Å². The summed E-state index contributed by atoms with van der Waals surface area (Å²) in [5.74, 6) is 1.90. The van der Waals surface area contributed by atoms with Crippen LogP contribution in [-0.2, 0) is 9.47 Å². The Morgan fingerprint density at radius 3 is 2.00 bits per heavy atom. The van der Waals surface area contributed by atoms with Crippen LogP contribution in [0.3, 0.4) is 0 Å². The molecular weight excluding hydrogens is 200 g/mol. The zero-order valence-electron chi connectivity index (χ0n) is 11.8. The van der Waals surface area contributed by atoms with Gasteiger partial charge in [-0.3, -0.25) is 0 Å². The molecule has 94 valence electrons. The first-order valence-electron chi connectivity index (χ1n) is 5.93. The Balaban J connectivity index is 0. The lowest BCUT2D eigenvalue weighted by Gasteiger charge is -2.06. The molecule has 0 saturated carbocycles. The molecule has 0 aromatic heterocycles. The maximum atomic E-state index is 5.18. The Labute approximate surface area is 101 Å². The van der Waals surface area contributed by atoms with E-state index in [2.05, 4.69) is 0 Å². The number of ether oxygens (including phenoxy) is 2. The quantitative estimate of drug-likeness (QED) is 0.692. The fourth-order valence-electron chi connectivity index (χ4n) is 1.17. The molecule has 0 amide bonds. The van der Waals surface area contributed by atoms with E-state index in [4.69, 9.17) is 9.47 Å². The molecule has 16 heavy (non-hydrogen) atoms. The number of methoxy groups -OCH3 is 2. The van der Waals surface area contributed by atoms with Gasteiger partial charge in [0.1, 0.15) is 5.76 Å². The van der Waals surface area contributed by atoms with Crippen molar-refractivity contribution in [3.05, 3.63) is 35.3 Å². The van der Waals surface area contributed by atoms with Crippen molar-refractivity contribution in [1.29, 1.82) is 0 Å². The van der Waals surface area contributed by atoms with Gasteiger partial charge in [-0.25, -0.2) is 0 Å². The minimum Gasteiger partial charge on any atom is -0.501 e. The van der Waals surface area contributed by atoms with Gasteiger partial charge >= 0.3 is 0 Å². The van der Waals surface area contributed by atoms with E-state index >= 15 is 0 Å². The van der Waals surface area contributed by atoms with E-state index in [0.717, 1.165) is 17.9 Å². The molecule has 0 radical (unpaired) electrons. The second kappa shape index (κ2) is 11.9. The third-order valence-corrected chi connectivity index (χ3v) is 1.87. The summed E-state index contributed by atoms with van der Waals surface area (Å²) in [5, 5.41) is 0. The average Bonchev–Trinajstić information content (AvgIpc) is 2.55. The molecule has 0 aliphatic heterocycles. The molecule has 0 fully saturated rings. The van der Waals surface area contributed by atoms with Gasteiger partial charge in [-0.05, 0) is 24.6 Å². The van der Waals surface area contributed by atoms with Gasteiger partial charge in [0.15, 0.2) is 0 Å². The van der Waals surface area contributed by atoms with E-state index in [9.17, 15) is 0 Å². The highest BCUT2D eigenvalue weighted by Gasteiger charge is 2.05. The summed E-state index contributed by atoms with van der Waals surface area (Å²) < 4.78 is 10.3. The Morgan fingerprint density at radius 2 is 1.56 bits per heavy atom. The van der Waals surface area contributed by atoms with Crippen LogP contribution in [0.2, 0.25) is 0 Å². The van der Waals surface area contributed by atoms with Crippen LogP contribution in [0.5, 0.6) is 0 Å². The van der Waals surface area contributed by atoms with Crippen LogP contribution in [0.1, 0.15) is 41.0 Å². The molecule has 0 heterocycles. The predicted octanol–water partition coefficient (Wildman–Crippen LogP) is 4.45. The number of allylic oxidation sites excluding steroid dienone is 4. The molecule has 0 saturated heterocycles. The first kappa shape index (κ1) is 17.2. The summed E-state index contributed by atoms with van der Waals surface area (Å²) in [6, 6.07) is 0. The smallest absolute Gasteiger partial charge is 0.118 e. The van der Waals surface area contributed by atoms with Crippen LogP contribution in [0.25, 0.3) is 0 Å². The highest BCUT2D eigenvalue weighted by molar-refractivity contribution is 5.29. The number of hydrogen-bond acceptors (Lipinski definition) is 2. The van der Waals surface area contributed by atoms with Crippen molar-refractivity contribution >= 4 is 0 Å². The van der Waals surface area contributed by atoms with Crippen molar-refractivity contribution in [2.24, 2.45) is 0 Å². The number of hydrogen-bond donors (Lipinski definition) is 0. The van der Waals surface area contributed by atoms with E-state index < -0.39 is 0 Å². The van der Waals surface area contributed by atoms with Crippen LogP contribution >= 0.6 is 0 Å². The van der Waals surface area contributed by atoms with Gasteiger partial charge in [0.25, 0.3) is 0 Å². The molecule has 1 aliphatic rings. The van der Waals surface area contributed by atoms with E-state index in [1.54, 1.807) is 14.2 Å². The van der Waals surface area contributed by atoms with Crippen LogP contribution in [0.4, 0.5) is 0 Å². The molecule has 0 N–H and O–H groups in total. The largest absolute Gasteiger partial charge is 0.501 e. The topological polar surface area (TPSA) is 18.5 Å². The van der Waals surface area contributed by atoms with Gasteiger partial charge in [-0.1, -0.05) is 33.8 Å². The molecule has 0 atom stereocenters. The van der Waals surface area contributed by atoms with E-state index in [1.165, 1.54) is 5.57 Å². The number of rotatable bonds is 2. The molecule has 0 spiro atoms. The van der Waals surface area contributed by atoms with Gasteiger partial charge in [0.05, 0.1) is 20.0 Å². The Bertz CT molecular complexity index is 247. The van der Waals surface area contributed by atoms with Crippen LogP contribution < -0.4 is 0 Å². The zero-order valence-corrected chi connectivity index (χ0v) is 11.8. The molecule has 1 aliphatic carbocycles. The van der Waals surface area contributed by atoms with Crippen molar-refractivity contribution in [3.8, 4) is 0 Å². The van der Waals surface area contributed by atoms with E-state index in [1.807, 2.05) is 52.8 Å². The van der Waals surface area contributed by atoms with E-state index in [0.29, 0.717) is 0 Å². The first-order valence-corrected chi connectivity index (χ1v) is 5.93. The third kappa shape index (κ3) is 6.33. The lowest BCUT2D eigenvalue weighted by Crippen LogP contribution is -1.91. The highest BCUT2D eigenvalue weighted by Crippen LogP contribution is 2.19.